The molecule has 0 radical (unpaired) electrons. The summed E-state index contributed by atoms with van der Waals surface area (Å²) in [6.45, 7) is 1.21. The Morgan fingerprint density at radius 3 is 1.75 bits per heavy atom. The van der Waals surface area contributed by atoms with Gasteiger partial charge in [-0.15, -0.1) is 20.5 Å². The van der Waals surface area contributed by atoms with Gasteiger partial charge in [0.1, 0.15) is 33.2 Å². The van der Waals surface area contributed by atoms with Crippen molar-refractivity contribution < 1.29 is 83.8 Å². The first kappa shape index (κ1) is 53.6. The van der Waals surface area contributed by atoms with Crippen LogP contribution in [0.2, 0.25) is 0 Å². The number of ether oxygens (including phenoxy) is 1. The number of hydrogen-bond donors (Lipinski definition) is 6. The number of nitrogens with two attached hydrogens (primary N) is 2. The van der Waals surface area contributed by atoms with E-state index in [-0.39, 0.29) is 29.3 Å². The summed E-state index contributed by atoms with van der Waals surface area (Å²) in [6, 6.07) is 12.5. The minimum atomic E-state index is -5.23. The van der Waals surface area contributed by atoms with Gasteiger partial charge in [0.25, 0.3) is 10.1 Å². The van der Waals surface area contributed by atoms with E-state index in [2.05, 4.69) is 49.3 Å². The maximum absolute atomic E-state index is 13.0. The first-order valence-corrected chi connectivity index (χ1v) is 26.2. The summed E-state index contributed by atoms with van der Waals surface area (Å²) in [4.78, 5) is 15.4. The van der Waals surface area contributed by atoms with Crippen LogP contribution < -0.4 is 11.5 Å². The van der Waals surface area contributed by atoms with E-state index in [1.807, 2.05) is 6.11 Å². The van der Waals surface area contributed by atoms with Crippen LogP contribution in [0.5, 0.6) is 0 Å². The summed E-state index contributed by atoms with van der Waals surface area (Å²) in [5.41, 5.74) is 7.93. The van der Waals surface area contributed by atoms with Crippen LogP contribution in [0.4, 0.5) is 45.5 Å². The third-order valence-corrected chi connectivity index (χ3v) is 13.7. The zero-order chi connectivity index (χ0) is 49.8. The van der Waals surface area contributed by atoms with Crippen LogP contribution in [0, 0.1) is 11.4 Å². The number of benzene rings is 4. The smallest absolute Gasteiger partial charge is 0.433 e. The molecule has 0 spiro atoms. The molecule has 0 fully saturated rings. The molecule has 0 heterocycles. The molecule has 8 N–H and O–H groups in total. The lowest BCUT2D eigenvalue weighted by Crippen LogP contribution is -2.15. The number of anilines is 2. The predicted octanol–water partition coefficient (Wildman–Crippen LogP) is 5.60. The fourth-order valence-corrected chi connectivity index (χ4v) is 9.11. The average Bonchev–Trinajstić information content (AvgIpc) is 3.23. The summed E-state index contributed by atoms with van der Waals surface area (Å²) in [5.74, 6) is -3.10. The fourth-order valence-electron chi connectivity index (χ4n) is 5.00. The lowest BCUT2D eigenvalue weighted by atomic mass is 10.1. The number of aromatic carboxylic acids is 1. The van der Waals surface area contributed by atoms with E-state index in [1.165, 1.54) is 24.3 Å². The number of nitrogen functional groups attached to an aromatic ring is 2. The maximum atomic E-state index is 13.0. The molecule has 4 rings (SSSR count). The zero-order valence-electron chi connectivity index (χ0n) is 33.8. The summed E-state index contributed by atoms with van der Waals surface area (Å²) < 4.78 is 159. The third kappa shape index (κ3) is 16.1. The Bertz CT molecular complexity index is 3230. The van der Waals surface area contributed by atoms with Gasteiger partial charge in [-0.25, -0.2) is 25.8 Å². The van der Waals surface area contributed by atoms with Gasteiger partial charge < -0.3 is 21.3 Å². The largest absolute Gasteiger partial charge is 0.478 e. The van der Waals surface area contributed by atoms with E-state index >= 15 is 0 Å². The number of nitrogens with zero attached hydrogens (tertiary/aromatic N) is 6. The van der Waals surface area contributed by atoms with Crippen molar-refractivity contribution in [2.45, 2.75) is 32.9 Å². The number of carbonyl (C=O) groups is 1. The van der Waals surface area contributed by atoms with Crippen molar-refractivity contribution in [3.05, 3.63) is 72.3 Å². The molecule has 0 atom stereocenters. The second kappa shape index (κ2) is 22.6. The maximum Gasteiger partial charge on any atom is 0.433 e. The number of thioether (sulfide) groups is 1. The number of sulfone groups is 2. The Morgan fingerprint density at radius 2 is 1.21 bits per heavy atom. The molecule has 0 aliphatic rings. The minimum Gasteiger partial charge on any atom is -0.478 e. The van der Waals surface area contributed by atoms with Crippen LogP contribution in [0.25, 0.3) is 0 Å². The molecule has 0 aromatic heterocycles. The number of azo groups is 3. The topological polar surface area (TPSA) is 432 Å². The molecule has 0 aliphatic carbocycles. The number of carboxylic acid groups (broad SMARTS) is 1. The van der Waals surface area contributed by atoms with Gasteiger partial charge in [-0.05, 0) is 96.2 Å². The minimum absolute atomic E-state index is 0.0488. The van der Waals surface area contributed by atoms with Crippen molar-refractivity contribution in [3.8, 4) is 11.4 Å². The van der Waals surface area contributed by atoms with Gasteiger partial charge in [-0.1, -0.05) is 0 Å². The van der Waals surface area contributed by atoms with Crippen molar-refractivity contribution in [2.24, 2.45) is 30.7 Å². The van der Waals surface area contributed by atoms with E-state index in [0.29, 0.717) is 17.6 Å². The van der Waals surface area contributed by atoms with Crippen molar-refractivity contribution in [1.29, 1.82) is 0 Å². The Hall–Kier alpha value is -6.03. The SMILES string of the molecule is CCOCCCS(=O)(=O)c1ccc(N=Nc2c(N)c(N=Nc3ccc(S(=O)(=O)CCOS(=O)(=O)O)cc3)c(N)c(N=Nc3ccc(SC#COOS(=O)(=O)O)cc3)c2C(=O)O)c(S(=O)(=O)O)c1. The van der Waals surface area contributed by atoms with Gasteiger partial charge in [0.15, 0.2) is 25.8 Å². The highest BCUT2D eigenvalue weighted by atomic mass is 32.3. The average molecular weight is 1050 g/mol. The second-order valence-electron chi connectivity index (χ2n) is 12.6. The summed E-state index contributed by atoms with van der Waals surface area (Å²) in [7, 11) is -23.3. The number of carboxylic acids is 1. The normalized spacial score (nSPS) is 12.7. The Labute approximate surface area is 385 Å². The van der Waals surface area contributed by atoms with E-state index < -0.39 is 124 Å². The lowest BCUT2D eigenvalue weighted by molar-refractivity contribution is -0.135. The van der Waals surface area contributed by atoms with Gasteiger partial charge in [-0.2, -0.15) is 35.5 Å². The molecule has 4 aromatic rings. The molecular weight excluding hydrogens is 1020 g/mol. The lowest BCUT2D eigenvalue weighted by Gasteiger charge is -2.13. The molecule has 67 heavy (non-hydrogen) atoms. The Balaban J connectivity index is 1.83. The summed E-state index contributed by atoms with van der Waals surface area (Å²) in [6.07, 6.45) is 1.90. The first-order chi connectivity index (χ1) is 31.2. The standard InChI is InChI=1S/C34H34N8O19S6/c1-2-58-14-3-18-63(45,46)25-12-13-26(27(20-25)65(49,50)51)39-41-32-28(34(43)44)31(40-37-21-4-8-23(9-5-21)62-17-15-59-61-67(55,56)57)29(35)33(30(32)36)42-38-22-6-10-24(11-7-22)64(47,48)19-16-60-66(52,53)54/h4-13,20H,2-3,14,16,18-19,35-36H2,1H3,(H,43,44)(H,49,50,51)(H,52,53,54)(H,55,56,57). The first-order valence-electron chi connectivity index (χ1n) is 17.9. The molecular formula is C34H34N8O19S6. The van der Waals surface area contributed by atoms with E-state index in [4.69, 9.17) is 25.3 Å². The fraction of sp³-hybridized carbons (Fsp3) is 0.206. The monoisotopic (exact) mass is 1050 g/mol. The third-order valence-electron chi connectivity index (χ3n) is 7.96. The molecule has 0 saturated heterocycles. The molecule has 27 nitrogen and oxygen atoms in total. The highest BCUT2D eigenvalue weighted by molar-refractivity contribution is 8.04. The van der Waals surface area contributed by atoms with Gasteiger partial charge >= 0.3 is 26.8 Å². The molecule has 360 valence electrons. The molecule has 0 bridgehead atoms. The molecule has 0 unspecified atom stereocenters. The van der Waals surface area contributed by atoms with Crippen LogP contribution in [0.15, 0.2) is 117 Å². The van der Waals surface area contributed by atoms with E-state index in [9.17, 15) is 56.5 Å². The number of rotatable bonds is 22. The highest BCUT2D eigenvalue weighted by Gasteiger charge is 2.28. The van der Waals surface area contributed by atoms with Gasteiger partial charge in [-0.3, -0.25) is 18.5 Å². The molecule has 0 aliphatic heterocycles. The zero-order valence-corrected chi connectivity index (χ0v) is 38.7. The van der Waals surface area contributed by atoms with Crippen LogP contribution >= 0.6 is 11.8 Å². The van der Waals surface area contributed by atoms with Gasteiger partial charge in [0.05, 0.1) is 50.7 Å². The molecule has 4 aromatic carbocycles. The quantitative estimate of drug-likeness (QED) is 0.00815. The van der Waals surface area contributed by atoms with E-state index in [0.717, 1.165) is 48.2 Å². The summed E-state index contributed by atoms with van der Waals surface area (Å²) in [5, 5.41) is 36.3. The summed E-state index contributed by atoms with van der Waals surface area (Å²) >= 11 is 0.807. The van der Waals surface area contributed by atoms with Crippen LogP contribution in [-0.2, 0) is 68.7 Å². The van der Waals surface area contributed by atoms with Gasteiger partial charge in [0, 0.05) is 23.4 Å². The van der Waals surface area contributed by atoms with Crippen molar-refractivity contribution in [2.75, 3.05) is 42.8 Å². The molecule has 0 saturated carbocycles. The van der Waals surface area contributed by atoms with Crippen LogP contribution in [0.3, 0.4) is 0 Å². The van der Waals surface area contributed by atoms with Crippen LogP contribution in [0.1, 0.15) is 23.7 Å². The van der Waals surface area contributed by atoms with Crippen molar-refractivity contribution in [3.63, 3.8) is 0 Å². The van der Waals surface area contributed by atoms with Gasteiger partial charge in [0.2, 0.25) is 0 Å². The second-order valence-corrected chi connectivity index (χ2v) is 21.1. The molecule has 0 amide bonds. The molecule has 33 heteroatoms. The predicted molar refractivity (Wildman–Crippen MR) is 234 cm³/mol. The van der Waals surface area contributed by atoms with E-state index in [1.54, 1.807) is 6.92 Å². The highest BCUT2D eigenvalue weighted by Crippen LogP contribution is 2.49. The van der Waals surface area contributed by atoms with Crippen molar-refractivity contribution in [1.82, 2.24) is 0 Å². The Morgan fingerprint density at radius 1 is 0.672 bits per heavy atom. The van der Waals surface area contributed by atoms with Crippen LogP contribution in [-0.4, -0.2) is 98.1 Å². The van der Waals surface area contributed by atoms with Crippen molar-refractivity contribution >= 4 is 114 Å². The Kier molecular flexibility index (Phi) is 18.1. The number of hydrogen-bond acceptors (Lipinski definition) is 24.